The molecule has 36 heavy (non-hydrogen) atoms. The molecule has 1 aliphatic rings. The van der Waals surface area contributed by atoms with E-state index < -0.39 is 5.92 Å². The predicted octanol–water partition coefficient (Wildman–Crippen LogP) is 4.40. The van der Waals surface area contributed by atoms with Crippen molar-refractivity contribution >= 4 is 28.5 Å². The number of halogens is 1. The van der Waals surface area contributed by atoms with Crippen LogP contribution in [0, 0.1) is 11.7 Å². The largest absolute Gasteiger partial charge is 0.352 e. The van der Waals surface area contributed by atoms with Crippen LogP contribution in [-0.4, -0.2) is 41.6 Å². The second-order valence-electron chi connectivity index (χ2n) is 9.33. The molecule has 0 fully saturated rings. The van der Waals surface area contributed by atoms with E-state index in [1.165, 1.54) is 21.9 Å². The van der Waals surface area contributed by atoms with Gasteiger partial charge in [-0.1, -0.05) is 54.6 Å². The van der Waals surface area contributed by atoms with Crippen molar-refractivity contribution in [2.24, 2.45) is 5.92 Å². The van der Waals surface area contributed by atoms with Crippen molar-refractivity contribution in [1.29, 1.82) is 0 Å². The zero-order valence-electron chi connectivity index (χ0n) is 20.8. The summed E-state index contributed by atoms with van der Waals surface area (Å²) in [5.74, 6) is -1.68. The standard InChI is InChI=1S/C29H30FN3O3/c1-19-26(29(36)32(2)3)15-23(28(35)33(19)18-20-11-13-24(30)14-12-20)16-27(34)31-17-22-9-6-8-21-7-4-5-10-25(21)22/h4-14,23H,15-18H2,1-3H3,(H,31,34). The number of fused-ring (bicyclic) bond motifs is 1. The number of likely N-dealkylation sites (N-methyl/N-ethyl adjacent to an activating group) is 1. The first kappa shape index (κ1) is 25.1. The lowest BCUT2D eigenvalue weighted by atomic mass is 9.88. The molecule has 4 rings (SSSR count). The molecule has 1 aliphatic heterocycles. The first-order chi connectivity index (χ1) is 17.2. The average Bonchev–Trinajstić information content (AvgIpc) is 2.87. The van der Waals surface area contributed by atoms with Gasteiger partial charge in [0.1, 0.15) is 5.82 Å². The highest BCUT2D eigenvalue weighted by molar-refractivity contribution is 5.98. The molecule has 0 spiro atoms. The van der Waals surface area contributed by atoms with Crippen LogP contribution in [0.25, 0.3) is 10.8 Å². The van der Waals surface area contributed by atoms with Gasteiger partial charge in [0.25, 0.3) is 5.91 Å². The Morgan fingerprint density at radius 2 is 1.72 bits per heavy atom. The quantitative estimate of drug-likeness (QED) is 0.537. The van der Waals surface area contributed by atoms with Crippen LogP contribution < -0.4 is 5.32 Å². The van der Waals surface area contributed by atoms with Crippen LogP contribution in [0.2, 0.25) is 0 Å². The number of carbonyl (C=O) groups is 3. The molecule has 0 saturated heterocycles. The molecule has 1 atom stereocenters. The molecule has 1 N–H and O–H groups in total. The van der Waals surface area contributed by atoms with Crippen LogP contribution in [0.1, 0.15) is 30.9 Å². The number of hydrogen-bond donors (Lipinski definition) is 1. The van der Waals surface area contributed by atoms with Crippen molar-refractivity contribution in [3.8, 4) is 0 Å². The van der Waals surface area contributed by atoms with E-state index in [2.05, 4.69) is 5.32 Å². The monoisotopic (exact) mass is 487 g/mol. The van der Waals surface area contributed by atoms with E-state index in [0.29, 0.717) is 17.8 Å². The molecular weight excluding hydrogens is 457 g/mol. The number of rotatable bonds is 7. The van der Waals surface area contributed by atoms with E-state index in [4.69, 9.17) is 0 Å². The van der Waals surface area contributed by atoms with Gasteiger partial charge in [-0.25, -0.2) is 4.39 Å². The second kappa shape index (κ2) is 10.7. The fraction of sp³-hybridized carbons (Fsp3) is 0.276. The van der Waals surface area contributed by atoms with E-state index in [1.807, 2.05) is 42.5 Å². The lowest BCUT2D eigenvalue weighted by Crippen LogP contribution is -2.43. The average molecular weight is 488 g/mol. The molecule has 0 aliphatic carbocycles. The maximum absolute atomic E-state index is 13.4. The van der Waals surface area contributed by atoms with E-state index in [9.17, 15) is 18.8 Å². The summed E-state index contributed by atoms with van der Waals surface area (Å²) < 4.78 is 13.4. The van der Waals surface area contributed by atoms with Crippen molar-refractivity contribution in [3.63, 3.8) is 0 Å². The van der Waals surface area contributed by atoms with Crippen LogP contribution in [-0.2, 0) is 27.5 Å². The number of amides is 3. The molecular formula is C29H30FN3O3. The van der Waals surface area contributed by atoms with Crippen molar-refractivity contribution in [2.45, 2.75) is 32.9 Å². The Kier molecular flexibility index (Phi) is 7.48. The molecule has 0 aromatic heterocycles. The maximum Gasteiger partial charge on any atom is 0.251 e. The molecule has 3 aromatic carbocycles. The summed E-state index contributed by atoms with van der Waals surface area (Å²) in [6.07, 6.45) is 0.171. The van der Waals surface area contributed by atoms with E-state index in [1.54, 1.807) is 33.2 Å². The predicted molar refractivity (Wildman–Crippen MR) is 137 cm³/mol. The summed E-state index contributed by atoms with van der Waals surface area (Å²) in [6, 6.07) is 19.8. The molecule has 0 bridgehead atoms. The summed E-state index contributed by atoms with van der Waals surface area (Å²) in [7, 11) is 3.32. The zero-order valence-corrected chi connectivity index (χ0v) is 20.8. The zero-order chi connectivity index (χ0) is 25.8. The second-order valence-corrected chi connectivity index (χ2v) is 9.33. The third kappa shape index (κ3) is 5.46. The van der Waals surface area contributed by atoms with Gasteiger partial charge >= 0.3 is 0 Å². The van der Waals surface area contributed by atoms with Crippen molar-refractivity contribution < 1.29 is 18.8 Å². The number of benzene rings is 3. The number of carbonyl (C=O) groups excluding carboxylic acids is 3. The first-order valence-electron chi connectivity index (χ1n) is 11.9. The Hall–Kier alpha value is -4.00. The minimum atomic E-state index is -0.666. The van der Waals surface area contributed by atoms with E-state index in [-0.39, 0.29) is 42.9 Å². The molecule has 3 amide bonds. The number of hydrogen-bond acceptors (Lipinski definition) is 3. The van der Waals surface area contributed by atoms with Gasteiger partial charge in [-0.3, -0.25) is 14.4 Å². The molecule has 186 valence electrons. The van der Waals surface area contributed by atoms with Crippen molar-refractivity contribution in [2.75, 3.05) is 14.1 Å². The third-order valence-electron chi connectivity index (χ3n) is 6.61. The van der Waals surface area contributed by atoms with Gasteiger partial charge in [0.15, 0.2) is 0 Å². The van der Waals surface area contributed by atoms with Gasteiger partial charge in [0.2, 0.25) is 11.8 Å². The summed E-state index contributed by atoms with van der Waals surface area (Å²) in [5, 5.41) is 5.10. The van der Waals surface area contributed by atoms with Gasteiger partial charge in [-0.15, -0.1) is 0 Å². The highest BCUT2D eigenvalue weighted by Gasteiger charge is 2.36. The fourth-order valence-corrected chi connectivity index (χ4v) is 4.61. The lowest BCUT2D eigenvalue weighted by Gasteiger charge is -2.35. The number of allylic oxidation sites excluding steroid dienone is 1. The topological polar surface area (TPSA) is 69.7 Å². The Bertz CT molecular complexity index is 1330. The summed E-state index contributed by atoms with van der Waals surface area (Å²) in [6.45, 7) is 2.29. The van der Waals surface area contributed by atoms with Gasteiger partial charge in [-0.2, -0.15) is 0 Å². The Morgan fingerprint density at radius 1 is 1.03 bits per heavy atom. The molecule has 7 heteroatoms. The van der Waals surface area contributed by atoms with Crippen LogP contribution in [0.3, 0.4) is 0 Å². The first-order valence-corrected chi connectivity index (χ1v) is 11.9. The molecule has 1 heterocycles. The minimum Gasteiger partial charge on any atom is -0.352 e. The summed E-state index contributed by atoms with van der Waals surface area (Å²) in [5.41, 5.74) is 2.80. The van der Waals surface area contributed by atoms with Gasteiger partial charge in [-0.05, 0) is 47.4 Å². The molecule has 3 aromatic rings. The normalized spacial score (nSPS) is 15.8. The molecule has 0 saturated carbocycles. The van der Waals surface area contributed by atoms with Gasteiger partial charge < -0.3 is 15.1 Å². The van der Waals surface area contributed by atoms with Crippen molar-refractivity contribution in [1.82, 2.24) is 15.1 Å². The Labute approximate surface area is 210 Å². The number of nitrogens with one attached hydrogen (secondary N) is 1. The van der Waals surface area contributed by atoms with E-state index >= 15 is 0 Å². The van der Waals surface area contributed by atoms with Gasteiger partial charge in [0.05, 0.1) is 12.5 Å². The third-order valence-corrected chi connectivity index (χ3v) is 6.61. The summed E-state index contributed by atoms with van der Waals surface area (Å²) in [4.78, 5) is 42.3. The number of nitrogens with zero attached hydrogens (tertiary/aromatic N) is 2. The lowest BCUT2D eigenvalue weighted by molar-refractivity contribution is -0.139. The maximum atomic E-state index is 13.4. The van der Waals surface area contributed by atoms with Crippen LogP contribution >= 0.6 is 0 Å². The molecule has 1 unspecified atom stereocenters. The van der Waals surface area contributed by atoms with Crippen LogP contribution in [0.4, 0.5) is 4.39 Å². The fourth-order valence-electron chi connectivity index (χ4n) is 4.61. The van der Waals surface area contributed by atoms with Crippen LogP contribution in [0.5, 0.6) is 0 Å². The van der Waals surface area contributed by atoms with Crippen LogP contribution in [0.15, 0.2) is 78.0 Å². The Balaban J connectivity index is 1.51. The van der Waals surface area contributed by atoms with E-state index in [0.717, 1.165) is 21.9 Å². The molecule has 6 nitrogen and oxygen atoms in total. The molecule has 0 radical (unpaired) electrons. The summed E-state index contributed by atoms with van der Waals surface area (Å²) >= 11 is 0. The van der Waals surface area contributed by atoms with Gasteiger partial charge in [0, 0.05) is 38.3 Å². The SMILES string of the molecule is CC1=C(C(=O)N(C)C)CC(CC(=O)NCc2cccc3ccccc23)C(=O)N1Cc1ccc(F)cc1. The van der Waals surface area contributed by atoms with Crippen molar-refractivity contribution in [3.05, 3.63) is 94.9 Å². The smallest absolute Gasteiger partial charge is 0.251 e. The Morgan fingerprint density at radius 3 is 2.44 bits per heavy atom. The minimum absolute atomic E-state index is 0.0268. The highest BCUT2D eigenvalue weighted by Crippen LogP contribution is 2.32. The highest BCUT2D eigenvalue weighted by atomic mass is 19.1.